The Bertz CT molecular complexity index is 286. The van der Waals surface area contributed by atoms with Crippen molar-refractivity contribution in [1.82, 2.24) is 0 Å². The third kappa shape index (κ3) is 2.31. The van der Waals surface area contributed by atoms with Gasteiger partial charge in [-0.3, -0.25) is 0 Å². The van der Waals surface area contributed by atoms with Crippen molar-refractivity contribution in [3.8, 4) is 0 Å². The molecular formula is C7H5Br2NO. The zero-order chi connectivity index (χ0) is 8.27. The lowest BCUT2D eigenvalue weighted by atomic mass is 10.2. The molecule has 0 amide bonds. The van der Waals surface area contributed by atoms with Crippen molar-refractivity contribution >= 4 is 38.1 Å². The molecule has 11 heavy (non-hydrogen) atoms. The smallest absolute Gasteiger partial charge is 0.0745 e. The van der Waals surface area contributed by atoms with Crippen molar-refractivity contribution in [3.05, 3.63) is 32.7 Å². The van der Waals surface area contributed by atoms with Crippen LogP contribution in [0.1, 0.15) is 5.56 Å². The number of benzene rings is 1. The monoisotopic (exact) mass is 277 g/mol. The molecule has 0 saturated heterocycles. The third-order valence-corrected chi connectivity index (χ3v) is 2.37. The minimum Gasteiger partial charge on any atom is -0.411 e. The van der Waals surface area contributed by atoms with Crippen molar-refractivity contribution in [2.45, 2.75) is 0 Å². The molecular weight excluding hydrogens is 274 g/mol. The molecule has 4 heteroatoms. The van der Waals surface area contributed by atoms with E-state index < -0.39 is 0 Å². The summed E-state index contributed by atoms with van der Waals surface area (Å²) >= 11 is 6.61. The Morgan fingerprint density at radius 2 is 2.09 bits per heavy atom. The summed E-state index contributed by atoms with van der Waals surface area (Å²) in [6.07, 6.45) is 1.37. The van der Waals surface area contributed by atoms with Gasteiger partial charge in [-0.15, -0.1) is 0 Å². The first kappa shape index (κ1) is 8.74. The second-order valence-corrected chi connectivity index (χ2v) is 3.68. The molecule has 0 bridgehead atoms. The van der Waals surface area contributed by atoms with Gasteiger partial charge in [-0.25, -0.2) is 0 Å². The van der Waals surface area contributed by atoms with Crippen molar-refractivity contribution in [3.63, 3.8) is 0 Å². The van der Waals surface area contributed by atoms with Crippen LogP contribution >= 0.6 is 31.9 Å². The highest BCUT2D eigenvalue weighted by atomic mass is 79.9. The molecule has 1 rings (SSSR count). The van der Waals surface area contributed by atoms with E-state index in [9.17, 15) is 0 Å². The van der Waals surface area contributed by atoms with Gasteiger partial charge in [-0.2, -0.15) is 0 Å². The summed E-state index contributed by atoms with van der Waals surface area (Å²) in [5.74, 6) is 0. The minimum absolute atomic E-state index is 0.835. The zero-order valence-electron chi connectivity index (χ0n) is 5.46. The molecule has 0 atom stereocenters. The van der Waals surface area contributed by atoms with Gasteiger partial charge in [0.1, 0.15) is 0 Å². The van der Waals surface area contributed by atoms with Crippen molar-refractivity contribution in [2.24, 2.45) is 5.16 Å². The van der Waals surface area contributed by atoms with E-state index in [-0.39, 0.29) is 0 Å². The molecule has 0 spiro atoms. The van der Waals surface area contributed by atoms with Gasteiger partial charge in [-0.05, 0) is 18.2 Å². The average molecular weight is 279 g/mol. The number of hydrogen-bond acceptors (Lipinski definition) is 2. The summed E-state index contributed by atoms with van der Waals surface area (Å²) in [6.45, 7) is 0. The fourth-order valence-electron chi connectivity index (χ4n) is 0.676. The third-order valence-electron chi connectivity index (χ3n) is 1.15. The molecule has 0 aliphatic heterocycles. The lowest BCUT2D eigenvalue weighted by Gasteiger charge is -1.96. The normalized spacial score (nSPS) is 10.7. The Labute approximate surface area is 81.2 Å². The Morgan fingerprint density at radius 1 is 1.36 bits per heavy atom. The van der Waals surface area contributed by atoms with Gasteiger partial charge < -0.3 is 5.21 Å². The summed E-state index contributed by atoms with van der Waals surface area (Å²) in [4.78, 5) is 0. The number of halogens is 2. The fraction of sp³-hybridized carbons (Fsp3) is 0. The van der Waals surface area contributed by atoms with Crippen LogP contribution in [0.25, 0.3) is 0 Å². The van der Waals surface area contributed by atoms with Crippen LogP contribution in [-0.4, -0.2) is 11.4 Å². The van der Waals surface area contributed by atoms with E-state index in [0.29, 0.717) is 0 Å². The molecule has 0 aromatic heterocycles. The summed E-state index contributed by atoms with van der Waals surface area (Å²) in [5, 5.41) is 11.2. The van der Waals surface area contributed by atoms with Gasteiger partial charge in [0.2, 0.25) is 0 Å². The molecule has 58 valence electrons. The zero-order valence-corrected chi connectivity index (χ0v) is 8.63. The predicted octanol–water partition coefficient (Wildman–Crippen LogP) is 3.02. The maximum atomic E-state index is 8.27. The second kappa shape index (κ2) is 3.88. The first-order chi connectivity index (χ1) is 5.24. The molecule has 0 saturated carbocycles. The highest BCUT2D eigenvalue weighted by molar-refractivity contribution is 9.11. The first-order valence-electron chi connectivity index (χ1n) is 2.86. The quantitative estimate of drug-likeness (QED) is 0.478. The van der Waals surface area contributed by atoms with Crippen LogP contribution in [0, 0.1) is 0 Å². The van der Waals surface area contributed by atoms with E-state index in [0.717, 1.165) is 14.5 Å². The van der Waals surface area contributed by atoms with Crippen LogP contribution in [0.15, 0.2) is 32.3 Å². The standard InChI is InChI=1S/C7H5Br2NO/c8-6-1-2-7(9)5(3-6)4-10-11/h1-4,11H/b10-4+. The van der Waals surface area contributed by atoms with Crippen LogP contribution < -0.4 is 0 Å². The fourth-order valence-corrected chi connectivity index (χ4v) is 1.40. The summed E-state index contributed by atoms with van der Waals surface area (Å²) in [7, 11) is 0. The van der Waals surface area contributed by atoms with E-state index in [4.69, 9.17) is 5.21 Å². The Morgan fingerprint density at radius 3 is 2.73 bits per heavy atom. The maximum absolute atomic E-state index is 8.27. The molecule has 2 nitrogen and oxygen atoms in total. The van der Waals surface area contributed by atoms with Gasteiger partial charge in [0.25, 0.3) is 0 Å². The topological polar surface area (TPSA) is 32.6 Å². The van der Waals surface area contributed by atoms with Gasteiger partial charge in [0.05, 0.1) is 6.21 Å². The Kier molecular flexibility index (Phi) is 3.08. The molecule has 0 aliphatic carbocycles. The highest BCUT2D eigenvalue weighted by Gasteiger charge is 1.96. The minimum atomic E-state index is 0.835. The summed E-state index contributed by atoms with van der Waals surface area (Å²) in [5.41, 5.74) is 0.835. The lowest BCUT2D eigenvalue weighted by molar-refractivity contribution is 0.322. The Balaban J connectivity index is 3.12. The molecule has 1 N–H and O–H groups in total. The van der Waals surface area contributed by atoms with Crippen molar-refractivity contribution in [2.75, 3.05) is 0 Å². The van der Waals surface area contributed by atoms with E-state index in [1.54, 1.807) is 0 Å². The van der Waals surface area contributed by atoms with Crippen LogP contribution in [0.2, 0.25) is 0 Å². The van der Waals surface area contributed by atoms with Crippen LogP contribution in [0.5, 0.6) is 0 Å². The molecule has 1 aromatic rings. The van der Waals surface area contributed by atoms with Gasteiger partial charge in [0.15, 0.2) is 0 Å². The van der Waals surface area contributed by atoms with Gasteiger partial charge >= 0.3 is 0 Å². The van der Waals surface area contributed by atoms with Crippen LogP contribution in [-0.2, 0) is 0 Å². The molecule has 0 unspecified atom stereocenters. The van der Waals surface area contributed by atoms with Crippen LogP contribution in [0.3, 0.4) is 0 Å². The average Bonchev–Trinajstić information content (AvgIpc) is 1.98. The van der Waals surface area contributed by atoms with E-state index in [2.05, 4.69) is 37.0 Å². The number of hydrogen-bond donors (Lipinski definition) is 1. The van der Waals surface area contributed by atoms with E-state index in [1.807, 2.05) is 18.2 Å². The lowest BCUT2D eigenvalue weighted by Crippen LogP contribution is -1.82. The van der Waals surface area contributed by atoms with E-state index >= 15 is 0 Å². The van der Waals surface area contributed by atoms with E-state index in [1.165, 1.54) is 6.21 Å². The Hall–Kier alpha value is -0.350. The molecule has 0 heterocycles. The molecule has 1 aromatic carbocycles. The van der Waals surface area contributed by atoms with Gasteiger partial charge in [0, 0.05) is 14.5 Å². The van der Waals surface area contributed by atoms with Crippen molar-refractivity contribution < 1.29 is 5.21 Å². The molecule has 0 aliphatic rings. The molecule has 0 radical (unpaired) electrons. The first-order valence-corrected chi connectivity index (χ1v) is 4.45. The number of nitrogens with zero attached hydrogens (tertiary/aromatic N) is 1. The largest absolute Gasteiger partial charge is 0.411 e. The van der Waals surface area contributed by atoms with Gasteiger partial charge in [-0.1, -0.05) is 37.0 Å². The van der Waals surface area contributed by atoms with Crippen molar-refractivity contribution in [1.29, 1.82) is 0 Å². The highest BCUT2D eigenvalue weighted by Crippen LogP contribution is 2.19. The predicted molar refractivity (Wildman–Crippen MR) is 51.2 cm³/mol. The van der Waals surface area contributed by atoms with Crippen LogP contribution in [0.4, 0.5) is 0 Å². The summed E-state index contributed by atoms with van der Waals surface area (Å²) in [6, 6.07) is 5.63. The number of oxime groups is 1. The second-order valence-electron chi connectivity index (χ2n) is 1.91. The number of rotatable bonds is 1. The summed E-state index contributed by atoms with van der Waals surface area (Å²) < 4.78 is 1.86. The maximum Gasteiger partial charge on any atom is 0.0745 e. The molecule has 0 fully saturated rings. The SMILES string of the molecule is O/N=C/c1cc(Br)ccc1Br.